The van der Waals surface area contributed by atoms with E-state index in [1.807, 2.05) is 11.9 Å². The number of carbonyl (C=O) groups excluding carboxylic acids is 1. The molecule has 5 heteroatoms. The summed E-state index contributed by atoms with van der Waals surface area (Å²) in [5.41, 5.74) is 0.887. The van der Waals surface area contributed by atoms with Crippen molar-refractivity contribution in [3.63, 3.8) is 0 Å². The summed E-state index contributed by atoms with van der Waals surface area (Å²) in [5, 5.41) is 0.543. The van der Waals surface area contributed by atoms with Crippen LogP contribution in [0.5, 0.6) is 0 Å². The summed E-state index contributed by atoms with van der Waals surface area (Å²) in [6, 6.07) is 1.88. The molecule has 1 aliphatic carbocycles. The summed E-state index contributed by atoms with van der Waals surface area (Å²) in [7, 11) is 1.85. The SMILES string of the molecule is CN(C(=O)c1cnc(Cl)c(Cl)c1)C1CCC(C)(C)CC1. The molecule has 0 aliphatic heterocycles. The first-order valence-corrected chi connectivity index (χ1v) is 7.64. The van der Waals surface area contributed by atoms with Crippen LogP contribution in [0, 0.1) is 5.41 Å². The van der Waals surface area contributed by atoms with Gasteiger partial charge in [-0.3, -0.25) is 4.79 Å². The van der Waals surface area contributed by atoms with Crippen molar-refractivity contribution in [2.75, 3.05) is 7.05 Å². The topological polar surface area (TPSA) is 33.2 Å². The molecule has 1 aromatic heterocycles. The van der Waals surface area contributed by atoms with Gasteiger partial charge in [0.15, 0.2) is 0 Å². The van der Waals surface area contributed by atoms with Crippen molar-refractivity contribution in [2.24, 2.45) is 5.41 Å². The predicted octanol–water partition coefficient (Wildman–Crippen LogP) is 4.43. The lowest BCUT2D eigenvalue weighted by atomic mass is 9.75. The van der Waals surface area contributed by atoms with Crippen LogP contribution in [0.25, 0.3) is 0 Å². The molecule has 1 fully saturated rings. The number of amides is 1. The highest BCUT2D eigenvalue weighted by Gasteiger charge is 2.31. The highest BCUT2D eigenvalue weighted by atomic mass is 35.5. The predicted molar refractivity (Wildman–Crippen MR) is 82.4 cm³/mol. The zero-order valence-corrected chi connectivity index (χ0v) is 13.6. The van der Waals surface area contributed by atoms with Crippen molar-refractivity contribution in [3.05, 3.63) is 28.0 Å². The minimum Gasteiger partial charge on any atom is -0.339 e. The quantitative estimate of drug-likeness (QED) is 0.757. The van der Waals surface area contributed by atoms with E-state index in [1.165, 1.54) is 6.20 Å². The summed E-state index contributed by atoms with van der Waals surface area (Å²) in [6.07, 6.45) is 5.87. The minimum absolute atomic E-state index is 0.0410. The summed E-state index contributed by atoms with van der Waals surface area (Å²) >= 11 is 11.7. The number of carbonyl (C=O) groups is 1. The van der Waals surface area contributed by atoms with Gasteiger partial charge < -0.3 is 4.90 Å². The maximum Gasteiger partial charge on any atom is 0.255 e. The Hall–Kier alpha value is -0.800. The van der Waals surface area contributed by atoms with Crippen molar-refractivity contribution in [1.82, 2.24) is 9.88 Å². The van der Waals surface area contributed by atoms with Gasteiger partial charge in [-0.25, -0.2) is 4.98 Å². The number of rotatable bonds is 2. The molecular formula is C15H20Cl2N2O. The molecule has 110 valence electrons. The Labute approximate surface area is 130 Å². The van der Waals surface area contributed by atoms with Crippen molar-refractivity contribution in [3.8, 4) is 0 Å². The smallest absolute Gasteiger partial charge is 0.255 e. The molecule has 1 aromatic rings. The Morgan fingerprint density at radius 2 is 1.95 bits per heavy atom. The summed E-state index contributed by atoms with van der Waals surface area (Å²) in [4.78, 5) is 18.2. The lowest BCUT2D eigenvalue weighted by molar-refractivity contribution is 0.0635. The summed E-state index contributed by atoms with van der Waals surface area (Å²) < 4.78 is 0. The maximum absolute atomic E-state index is 12.5. The van der Waals surface area contributed by atoms with E-state index in [9.17, 15) is 4.79 Å². The number of hydrogen-bond donors (Lipinski definition) is 0. The molecule has 1 amide bonds. The zero-order valence-electron chi connectivity index (χ0n) is 12.1. The number of aromatic nitrogens is 1. The lowest BCUT2D eigenvalue weighted by Gasteiger charge is -2.38. The van der Waals surface area contributed by atoms with Gasteiger partial charge in [-0.1, -0.05) is 37.0 Å². The molecule has 1 heterocycles. The van der Waals surface area contributed by atoms with Gasteiger partial charge in [0, 0.05) is 19.3 Å². The number of halogens is 2. The van der Waals surface area contributed by atoms with Gasteiger partial charge in [-0.05, 0) is 37.2 Å². The Balaban J connectivity index is 2.07. The number of pyridine rings is 1. The molecule has 1 aliphatic rings. The van der Waals surface area contributed by atoms with Gasteiger partial charge in [-0.15, -0.1) is 0 Å². The van der Waals surface area contributed by atoms with Crippen molar-refractivity contribution in [2.45, 2.75) is 45.6 Å². The normalized spacial score (nSPS) is 18.9. The van der Waals surface area contributed by atoms with Crippen LogP contribution in [-0.2, 0) is 0 Å². The molecule has 0 N–H and O–H groups in total. The third kappa shape index (κ3) is 3.44. The van der Waals surface area contributed by atoms with Crippen LogP contribution in [0.1, 0.15) is 49.9 Å². The molecule has 0 aromatic carbocycles. The fourth-order valence-corrected chi connectivity index (χ4v) is 2.95. The molecule has 0 atom stereocenters. The van der Waals surface area contributed by atoms with E-state index in [0.29, 0.717) is 22.0 Å². The van der Waals surface area contributed by atoms with Gasteiger partial charge in [0.05, 0.1) is 10.6 Å². The number of nitrogens with zero attached hydrogens (tertiary/aromatic N) is 2. The Bertz CT molecular complexity index is 507. The fraction of sp³-hybridized carbons (Fsp3) is 0.600. The van der Waals surface area contributed by atoms with Gasteiger partial charge in [0.2, 0.25) is 0 Å². The third-order valence-electron chi connectivity index (χ3n) is 4.22. The van der Waals surface area contributed by atoms with E-state index in [1.54, 1.807) is 6.07 Å². The fourth-order valence-electron chi connectivity index (χ4n) is 2.68. The standard InChI is InChI=1S/C15H20Cl2N2O/c1-15(2)6-4-11(5-7-15)19(3)14(20)10-8-12(16)13(17)18-9-10/h8-9,11H,4-7H2,1-3H3. The lowest BCUT2D eigenvalue weighted by Crippen LogP contribution is -2.40. The van der Waals surface area contributed by atoms with Gasteiger partial charge in [0.1, 0.15) is 5.15 Å². The average molecular weight is 315 g/mol. The monoisotopic (exact) mass is 314 g/mol. The first kappa shape index (κ1) is 15.6. The average Bonchev–Trinajstić information content (AvgIpc) is 2.40. The van der Waals surface area contributed by atoms with Gasteiger partial charge in [-0.2, -0.15) is 0 Å². The second kappa shape index (κ2) is 5.90. The summed E-state index contributed by atoms with van der Waals surface area (Å²) in [5.74, 6) is -0.0410. The van der Waals surface area contributed by atoms with E-state index >= 15 is 0 Å². The van der Waals surface area contributed by atoms with E-state index in [4.69, 9.17) is 23.2 Å². The molecule has 0 radical (unpaired) electrons. The Kier molecular flexibility index (Phi) is 4.60. The highest BCUT2D eigenvalue weighted by Crippen LogP contribution is 2.37. The molecule has 0 bridgehead atoms. The van der Waals surface area contributed by atoms with Gasteiger partial charge >= 0.3 is 0 Å². The van der Waals surface area contributed by atoms with Crippen LogP contribution in [0.2, 0.25) is 10.2 Å². The molecule has 0 spiro atoms. The van der Waals surface area contributed by atoms with Crippen molar-refractivity contribution in [1.29, 1.82) is 0 Å². The van der Waals surface area contributed by atoms with Crippen LogP contribution in [0.4, 0.5) is 0 Å². The zero-order chi connectivity index (χ0) is 14.9. The largest absolute Gasteiger partial charge is 0.339 e. The molecule has 1 saturated carbocycles. The van der Waals surface area contributed by atoms with Crippen molar-refractivity contribution >= 4 is 29.1 Å². The highest BCUT2D eigenvalue weighted by molar-refractivity contribution is 6.41. The first-order valence-electron chi connectivity index (χ1n) is 6.88. The second-order valence-corrected chi connectivity index (χ2v) is 7.07. The second-order valence-electron chi connectivity index (χ2n) is 6.31. The van der Waals surface area contributed by atoms with Crippen LogP contribution < -0.4 is 0 Å². The summed E-state index contributed by atoms with van der Waals surface area (Å²) in [6.45, 7) is 4.57. The first-order chi connectivity index (χ1) is 9.30. The van der Waals surface area contributed by atoms with E-state index in [-0.39, 0.29) is 11.1 Å². The van der Waals surface area contributed by atoms with E-state index in [0.717, 1.165) is 25.7 Å². The van der Waals surface area contributed by atoms with Crippen molar-refractivity contribution < 1.29 is 4.79 Å². The molecule has 3 nitrogen and oxygen atoms in total. The molecular weight excluding hydrogens is 295 g/mol. The van der Waals surface area contributed by atoms with E-state index in [2.05, 4.69) is 18.8 Å². The van der Waals surface area contributed by atoms with Crippen LogP contribution >= 0.6 is 23.2 Å². The molecule has 2 rings (SSSR count). The molecule has 0 saturated heterocycles. The number of hydrogen-bond acceptors (Lipinski definition) is 2. The minimum atomic E-state index is -0.0410. The molecule has 0 unspecified atom stereocenters. The van der Waals surface area contributed by atoms with Crippen LogP contribution in [0.3, 0.4) is 0 Å². The Morgan fingerprint density at radius 3 is 2.50 bits per heavy atom. The van der Waals surface area contributed by atoms with E-state index < -0.39 is 0 Å². The Morgan fingerprint density at radius 1 is 1.35 bits per heavy atom. The van der Waals surface area contributed by atoms with Crippen LogP contribution in [0.15, 0.2) is 12.3 Å². The van der Waals surface area contributed by atoms with Gasteiger partial charge in [0.25, 0.3) is 5.91 Å². The third-order valence-corrected chi connectivity index (χ3v) is 4.91. The van der Waals surface area contributed by atoms with Crippen LogP contribution in [-0.4, -0.2) is 28.9 Å². The maximum atomic E-state index is 12.5. The molecule has 20 heavy (non-hydrogen) atoms.